The Balaban J connectivity index is 1.16. The summed E-state index contributed by atoms with van der Waals surface area (Å²) in [7, 11) is 0. The zero-order valence-electron chi connectivity index (χ0n) is 22.2. The van der Waals surface area contributed by atoms with E-state index in [4.69, 9.17) is 5.73 Å². The van der Waals surface area contributed by atoms with Crippen molar-refractivity contribution in [1.29, 1.82) is 0 Å². The van der Waals surface area contributed by atoms with Crippen molar-refractivity contribution in [3.05, 3.63) is 125 Å². The average molecular weight is 519 g/mol. The summed E-state index contributed by atoms with van der Waals surface area (Å²) in [6.45, 7) is 0. The molecule has 2 aliphatic rings. The SMILES string of the molecule is Nc1ccc(-n2c3c(c4ccccc42)=CCC(Nc2ccc(-n4c5c(c6ccccc64)CCC=C5)cc2)C=3)cc1. The first-order chi connectivity index (χ1) is 19.7. The fourth-order valence-corrected chi connectivity index (χ4v) is 6.55. The van der Waals surface area contributed by atoms with Gasteiger partial charge in [-0.15, -0.1) is 0 Å². The molecule has 2 aliphatic carbocycles. The van der Waals surface area contributed by atoms with Crippen LogP contribution < -0.4 is 21.6 Å². The van der Waals surface area contributed by atoms with Crippen LogP contribution in [-0.2, 0) is 6.42 Å². The minimum atomic E-state index is 0.193. The number of fused-ring (bicyclic) bond motifs is 6. The summed E-state index contributed by atoms with van der Waals surface area (Å²) in [5.74, 6) is 0. The van der Waals surface area contributed by atoms with Crippen LogP contribution in [0.25, 0.3) is 51.4 Å². The molecule has 2 heterocycles. The summed E-state index contributed by atoms with van der Waals surface area (Å²) in [4.78, 5) is 0. The Morgan fingerprint density at radius 3 is 2.20 bits per heavy atom. The van der Waals surface area contributed by atoms with Crippen molar-refractivity contribution in [2.75, 3.05) is 11.1 Å². The molecular formula is C36H30N4. The van der Waals surface area contributed by atoms with Crippen LogP contribution in [0.2, 0.25) is 0 Å². The predicted molar refractivity (Wildman–Crippen MR) is 169 cm³/mol. The Labute approximate surface area is 233 Å². The minimum absolute atomic E-state index is 0.193. The molecule has 6 aromatic rings. The van der Waals surface area contributed by atoms with Crippen LogP contribution in [0.5, 0.6) is 0 Å². The number of hydrogen-bond acceptors (Lipinski definition) is 2. The Morgan fingerprint density at radius 2 is 1.40 bits per heavy atom. The van der Waals surface area contributed by atoms with Gasteiger partial charge in [0.2, 0.25) is 0 Å². The van der Waals surface area contributed by atoms with Crippen LogP contribution in [0.15, 0.2) is 103 Å². The molecule has 4 aromatic carbocycles. The second-order valence-electron chi connectivity index (χ2n) is 10.8. The number of aryl methyl sites for hydroxylation is 1. The molecule has 194 valence electrons. The van der Waals surface area contributed by atoms with Gasteiger partial charge in [0, 0.05) is 44.4 Å². The zero-order valence-corrected chi connectivity index (χ0v) is 22.2. The van der Waals surface area contributed by atoms with Gasteiger partial charge in [0.15, 0.2) is 0 Å². The number of rotatable bonds is 4. The number of benzene rings is 4. The Kier molecular flexibility index (Phi) is 5.20. The van der Waals surface area contributed by atoms with E-state index in [2.05, 4.69) is 124 Å². The van der Waals surface area contributed by atoms with E-state index in [9.17, 15) is 0 Å². The fraction of sp³-hybridized carbons (Fsp3) is 0.111. The number of nitrogens with two attached hydrogens (primary N) is 1. The summed E-state index contributed by atoms with van der Waals surface area (Å²) >= 11 is 0. The van der Waals surface area contributed by atoms with Crippen LogP contribution in [0.4, 0.5) is 11.4 Å². The first kappa shape index (κ1) is 23.0. The molecule has 0 aliphatic heterocycles. The van der Waals surface area contributed by atoms with Crippen molar-refractivity contribution in [2.45, 2.75) is 25.3 Å². The average Bonchev–Trinajstić information content (AvgIpc) is 3.51. The molecule has 8 rings (SSSR count). The lowest BCUT2D eigenvalue weighted by Gasteiger charge is -2.18. The lowest BCUT2D eigenvalue weighted by atomic mass is 10.0. The fourth-order valence-electron chi connectivity index (χ4n) is 6.55. The topological polar surface area (TPSA) is 47.9 Å². The van der Waals surface area contributed by atoms with Crippen molar-refractivity contribution < 1.29 is 0 Å². The molecule has 4 nitrogen and oxygen atoms in total. The maximum atomic E-state index is 6.00. The monoisotopic (exact) mass is 518 g/mol. The van der Waals surface area contributed by atoms with Gasteiger partial charge in [-0.1, -0.05) is 48.6 Å². The van der Waals surface area contributed by atoms with E-state index >= 15 is 0 Å². The number of aromatic nitrogens is 2. The van der Waals surface area contributed by atoms with Gasteiger partial charge in [-0.25, -0.2) is 0 Å². The molecule has 1 unspecified atom stereocenters. The number of hydrogen-bond donors (Lipinski definition) is 2. The summed E-state index contributed by atoms with van der Waals surface area (Å²) in [5, 5.41) is 8.96. The van der Waals surface area contributed by atoms with Gasteiger partial charge >= 0.3 is 0 Å². The van der Waals surface area contributed by atoms with E-state index < -0.39 is 0 Å². The van der Waals surface area contributed by atoms with Crippen molar-refractivity contribution in [2.24, 2.45) is 0 Å². The zero-order chi connectivity index (χ0) is 26.6. The molecule has 0 amide bonds. The molecule has 0 bridgehead atoms. The van der Waals surface area contributed by atoms with E-state index in [0.717, 1.165) is 36.3 Å². The molecule has 0 saturated heterocycles. The van der Waals surface area contributed by atoms with Crippen molar-refractivity contribution in [3.8, 4) is 11.4 Å². The van der Waals surface area contributed by atoms with E-state index in [-0.39, 0.29) is 6.04 Å². The maximum absolute atomic E-state index is 6.00. The molecule has 3 N–H and O–H groups in total. The highest BCUT2D eigenvalue weighted by molar-refractivity contribution is 5.91. The van der Waals surface area contributed by atoms with Crippen LogP contribution in [0, 0.1) is 0 Å². The van der Waals surface area contributed by atoms with Gasteiger partial charge in [0.1, 0.15) is 0 Å². The molecule has 4 heteroatoms. The molecule has 0 fully saturated rings. The lowest BCUT2D eigenvalue weighted by Crippen LogP contribution is -2.36. The van der Waals surface area contributed by atoms with E-state index in [1.54, 1.807) is 0 Å². The lowest BCUT2D eigenvalue weighted by molar-refractivity contribution is 0.928. The maximum Gasteiger partial charge on any atom is 0.0540 e. The highest BCUT2D eigenvalue weighted by Crippen LogP contribution is 2.34. The number of para-hydroxylation sites is 2. The van der Waals surface area contributed by atoms with Gasteiger partial charge in [-0.05, 0) is 97.6 Å². The second-order valence-corrected chi connectivity index (χ2v) is 10.8. The smallest absolute Gasteiger partial charge is 0.0540 e. The third-order valence-electron chi connectivity index (χ3n) is 8.37. The molecule has 0 spiro atoms. The first-order valence-electron chi connectivity index (χ1n) is 14.1. The van der Waals surface area contributed by atoms with Crippen LogP contribution in [-0.4, -0.2) is 15.2 Å². The molecule has 0 radical (unpaired) electrons. The molecule has 0 saturated carbocycles. The third-order valence-corrected chi connectivity index (χ3v) is 8.37. The summed E-state index contributed by atoms with van der Waals surface area (Å²) in [6, 6.07) is 34.7. The number of anilines is 2. The van der Waals surface area contributed by atoms with E-state index in [1.807, 2.05) is 12.1 Å². The van der Waals surface area contributed by atoms with Crippen LogP contribution in [0.1, 0.15) is 24.1 Å². The number of allylic oxidation sites excluding steroid dienone is 1. The molecular weight excluding hydrogens is 488 g/mol. The largest absolute Gasteiger partial charge is 0.399 e. The third kappa shape index (κ3) is 3.60. The highest BCUT2D eigenvalue weighted by Gasteiger charge is 2.19. The summed E-state index contributed by atoms with van der Waals surface area (Å²) in [5.41, 5.74) is 15.5. The van der Waals surface area contributed by atoms with Gasteiger partial charge < -0.3 is 20.2 Å². The quantitative estimate of drug-likeness (QED) is 0.260. The van der Waals surface area contributed by atoms with Crippen molar-refractivity contribution in [3.63, 3.8) is 0 Å². The van der Waals surface area contributed by atoms with Crippen LogP contribution >= 0.6 is 0 Å². The molecule has 1 atom stereocenters. The van der Waals surface area contributed by atoms with Gasteiger partial charge in [-0.2, -0.15) is 0 Å². The number of nitrogens with one attached hydrogen (secondary N) is 1. The minimum Gasteiger partial charge on any atom is -0.399 e. The first-order valence-corrected chi connectivity index (χ1v) is 14.1. The Morgan fingerprint density at radius 1 is 0.725 bits per heavy atom. The van der Waals surface area contributed by atoms with E-state index in [0.29, 0.717) is 0 Å². The second kappa shape index (κ2) is 9.06. The van der Waals surface area contributed by atoms with Gasteiger partial charge in [0.25, 0.3) is 0 Å². The van der Waals surface area contributed by atoms with Crippen molar-refractivity contribution in [1.82, 2.24) is 9.13 Å². The summed E-state index contributed by atoms with van der Waals surface area (Å²) < 4.78 is 4.76. The molecule has 2 aromatic heterocycles. The summed E-state index contributed by atoms with van der Waals surface area (Å²) in [6.07, 6.45) is 12.5. The van der Waals surface area contributed by atoms with Crippen molar-refractivity contribution >= 4 is 51.4 Å². The highest BCUT2D eigenvalue weighted by atomic mass is 15.0. The Hall–Kier alpha value is -4.96. The van der Waals surface area contributed by atoms with E-state index in [1.165, 1.54) is 49.3 Å². The number of nitrogens with zero attached hydrogens (tertiary/aromatic N) is 2. The molecule has 40 heavy (non-hydrogen) atoms. The van der Waals surface area contributed by atoms with Gasteiger partial charge in [0.05, 0.1) is 22.4 Å². The standard InChI is InChI=1S/C36H30N4/c37-24-13-18-27(19-14-24)40-35-12-6-3-9-31(35)32-22-17-26(23-36(32)40)38-25-15-20-28(21-16-25)39-33-10-4-1-7-29(33)30-8-2-5-11-34(30)39/h1,3-7,9-16,18-23,26,38H,2,8,17,37H2. The van der Waals surface area contributed by atoms with Crippen LogP contribution in [0.3, 0.4) is 0 Å². The Bertz CT molecular complexity index is 2050. The predicted octanol–water partition coefficient (Wildman–Crippen LogP) is 6.56. The van der Waals surface area contributed by atoms with Gasteiger partial charge in [-0.3, -0.25) is 0 Å². The normalized spacial score (nSPS) is 15.8. The number of nitrogen functional groups attached to an aromatic ring is 1.